The summed E-state index contributed by atoms with van der Waals surface area (Å²) in [6.07, 6.45) is 0. The van der Waals surface area contributed by atoms with Crippen molar-refractivity contribution in [3.63, 3.8) is 0 Å². The Kier molecular flexibility index (Phi) is 3.41. The lowest BCUT2D eigenvalue weighted by Crippen LogP contribution is -1.81. The summed E-state index contributed by atoms with van der Waals surface area (Å²) in [4.78, 5) is 2.66. The van der Waals surface area contributed by atoms with Gasteiger partial charge in [-0.1, -0.05) is 32.6 Å². The number of azide groups is 1. The van der Waals surface area contributed by atoms with Gasteiger partial charge in [-0.15, -0.1) is 0 Å². The molecule has 0 aliphatic rings. The second-order valence-corrected chi connectivity index (χ2v) is 3.42. The number of benzene rings is 1. The molecule has 0 amide bonds. The third-order valence-corrected chi connectivity index (χ3v) is 2.32. The highest BCUT2D eigenvalue weighted by Gasteiger charge is 1.98. The Balaban J connectivity index is 2.96. The summed E-state index contributed by atoms with van der Waals surface area (Å²) < 4.78 is 0.902. The van der Waals surface area contributed by atoms with Crippen LogP contribution in [0.2, 0.25) is 5.02 Å². The molecule has 3 nitrogen and oxygen atoms in total. The van der Waals surface area contributed by atoms with Crippen LogP contribution in [0.1, 0.15) is 5.56 Å². The maximum Gasteiger partial charge on any atom is 0.0522 e. The van der Waals surface area contributed by atoms with E-state index in [9.17, 15) is 0 Å². The minimum atomic E-state index is 0.317. The molecule has 0 saturated carbocycles. The van der Waals surface area contributed by atoms with Crippen LogP contribution in [0.15, 0.2) is 27.8 Å². The lowest BCUT2D eigenvalue weighted by Gasteiger charge is -1.99. The molecule has 0 unspecified atom stereocenters. The minimum absolute atomic E-state index is 0.317. The maximum absolute atomic E-state index is 8.10. The smallest absolute Gasteiger partial charge is 0.0522 e. The molecule has 0 atom stereocenters. The molecule has 0 aliphatic carbocycles. The number of nitrogens with zero attached hydrogens (tertiary/aromatic N) is 3. The van der Waals surface area contributed by atoms with Crippen LogP contribution >= 0.6 is 27.5 Å². The standard InChI is InChI=1S/C7H5BrClN3/c8-7-2-1-6(9)3-5(7)4-11-12-10/h1-3H,4H2. The van der Waals surface area contributed by atoms with Gasteiger partial charge >= 0.3 is 0 Å². The monoisotopic (exact) mass is 245 g/mol. The molecule has 0 spiro atoms. The third kappa shape index (κ3) is 2.41. The Labute approximate surface area is 83.1 Å². The molecular formula is C7H5BrClN3. The van der Waals surface area contributed by atoms with E-state index in [-0.39, 0.29) is 0 Å². The summed E-state index contributed by atoms with van der Waals surface area (Å²) >= 11 is 9.06. The van der Waals surface area contributed by atoms with Gasteiger partial charge in [0.2, 0.25) is 0 Å². The van der Waals surface area contributed by atoms with Crippen LogP contribution in [0, 0.1) is 0 Å². The Morgan fingerprint density at radius 3 is 3.00 bits per heavy atom. The molecule has 1 rings (SSSR count). The van der Waals surface area contributed by atoms with Gasteiger partial charge in [0.05, 0.1) is 6.54 Å². The van der Waals surface area contributed by atoms with Gasteiger partial charge in [-0.05, 0) is 29.3 Å². The molecule has 0 aliphatic heterocycles. The Morgan fingerprint density at radius 2 is 2.33 bits per heavy atom. The van der Waals surface area contributed by atoms with Gasteiger partial charge in [-0.2, -0.15) is 0 Å². The van der Waals surface area contributed by atoms with Crippen LogP contribution in [-0.2, 0) is 6.54 Å². The third-order valence-electron chi connectivity index (χ3n) is 1.31. The zero-order valence-corrected chi connectivity index (χ0v) is 8.38. The Hall–Kier alpha value is -0.700. The zero-order chi connectivity index (χ0) is 8.97. The Morgan fingerprint density at radius 1 is 1.58 bits per heavy atom. The van der Waals surface area contributed by atoms with Crippen molar-refractivity contribution in [2.45, 2.75) is 6.54 Å². The van der Waals surface area contributed by atoms with Crippen molar-refractivity contribution in [1.82, 2.24) is 0 Å². The van der Waals surface area contributed by atoms with E-state index in [0.717, 1.165) is 10.0 Å². The van der Waals surface area contributed by atoms with E-state index in [1.165, 1.54) is 0 Å². The van der Waals surface area contributed by atoms with Crippen molar-refractivity contribution in [2.75, 3.05) is 0 Å². The van der Waals surface area contributed by atoms with Gasteiger partial charge in [-0.3, -0.25) is 0 Å². The molecule has 12 heavy (non-hydrogen) atoms. The molecule has 0 heterocycles. The van der Waals surface area contributed by atoms with Crippen molar-refractivity contribution in [3.8, 4) is 0 Å². The molecule has 0 N–H and O–H groups in total. The topological polar surface area (TPSA) is 48.8 Å². The molecule has 0 aromatic heterocycles. The minimum Gasteiger partial charge on any atom is -0.0892 e. The van der Waals surface area contributed by atoms with Crippen molar-refractivity contribution in [2.24, 2.45) is 5.11 Å². The predicted molar refractivity (Wildman–Crippen MR) is 52.0 cm³/mol. The highest BCUT2D eigenvalue weighted by molar-refractivity contribution is 9.10. The normalized spacial score (nSPS) is 9.17. The summed E-state index contributed by atoms with van der Waals surface area (Å²) in [5, 5.41) is 4.08. The summed E-state index contributed by atoms with van der Waals surface area (Å²) in [5.41, 5.74) is 8.99. The van der Waals surface area contributed by atoms with Gasteiger partial charge in [-0.25, -0.2) is 0 Å². The van der Waals surface area contributed by atoms with E-state index in [1.807, 2.05) is 6.07 Å². The second-order valence-electron chi connectivity index (χ2n) is 2.12. The van der Waals surface area contributed by atoms with Crippen molar-refractivity contribution >= 4 is 27.5 Å². The van der Waals surface area contributed by atoms with Gasteiger partial charge in [0.25, 0.3) is 0 Å². The van der Waals surface area contributed by atoms with Crippen LogP contribution in [-0.4, -0.2) is 0 Å². The lowest BCUT2D eigenvalue weighted by molar-refractivity contribution is 1.04. The molecule has 0 fully saturated rings. The fourth-order valence-corrected chi connectivity index (χ4v) is 1.34. The van der Waals surface area contributed by atoms with Gasteiger partial charge in [0.1, 0.15) is 0 Å². The number of hydrogen-bond donors (Lipinski definition) is 0. The fraction of sp³-hybridized carbons (Fsp3) is 0.143. The van der Waals surface area contributed by atoms with Crippen LogP contribution in [0.25, 0.3) is 10.4 Å². The average Bonchev–Trinajstić information content (AvgIpc) is 2.07. The van der Waals surface area contributed by atoms with E-state index in [2.05, 4.69) is 26.0 Å². The average molecular weight is 246 g/mol. The first-order chi connectivity index (χ1) is 5.74. The molecular weight excluding hydrogens is 241 g/mol. The lowest BCUT2D eigenvalue weighted by atomic mass is 10.2. The van der Waals surface area contributed by atoms with E-state index in [1.54, 1.807) is 12.1 Å². The molecule has 1 aromatic carbocycles. The number of halogens is 2. The number of rotatable bonds is 2. The zero-order valence-electron chi connectivity index (χ0n) is 6.04. The van der Waals surface area contributed by atoms with Crippen molar-refractivity contribution < 1.29 is 0 Å². The van der Waals surface area contributed by atoms with Crippen molar-refractivity contribution in [3.05, 3.63) is 43.7 Å². The summed E-state index contributed by atoms with van der Waals surface area (Å²) in [5.74, 6) is 0. The molecule has 0 radical (unpaired) electrons. The number of hydrogen-bond acceptors (Lipinski definition) is 1. The molecule has 62 valence electrons. The Bertz CT molecular complexity index is 333. The van der Waals surface area contributed by atoms with Crippen LogP contribution in [0.3, 0.4) is 0 Å². The molecule has 0 saturated heterocycles. The predicted octanol–water partition coefficient (Wildman–Crippen LogP) is 3.91. The molecule has 1 aromatic rings. The first-order valence-electron chi connectivity index (χ1n) is 3.19. The molecule has 5 heteroatoms. The van der Waals surface area contributed by atoms with E-state index in [4.69, 9.17) is 17.1 Å². The second kappa shape index (κ2) is 4.36. The first-order valence-corrected chi connectivity index (χ1v) is 4.36. The van der Waals surface area contributed by atoms with Crippen LogP contribution < -0.4 is 0 Å². The van der Waals surface area contributed by atoms with Gasteiger partial charge in [0.15, 0.2) is 0 Å². The first kappa shape index (κ1) is 9.39. The summed E-state index contributed by atoms with van der Waals surface area (Å²) in [6, 6.07) is 5.36. The fourth-order valence-electron chi connectivity index (χ4n) is 0.772. The molecule has 0 bridgehead atoms. The van der Waals surface area contributed by atoms with E-state index in [0.29, 0.717) is 11.6 Å². The highest BCUT2D eigenvalue weighted by atomic mass is 79.9. The van der Waals surface area contributed by atoms with Crippen LogP contribution in [0.4, 0.5) is 0 Å². The van der Waals surface area contributed by atoms with Crippen LogP contribution in [0.5, 0.6) is 0 Å². The highest BCUT2D eigenvalue weighted by Crippen LogP contribution is 2.21. The quantitative estimate of drug-likeness (QED) is 0.431. The SMILES string of the molecule is [N-]=[N+]=NCc1cc(Cl)ccc1Br. The van der Waals surface area contributed by atoms with E-state index >= 15 is 0 Å². The van der Waals surface area contributed by atoms with E-state index < -0.39 is 0 Å². The largest absolute Gasteiger partial charge is 0.0892 e. The summed E-state index contributed by atoms with van der Waals surface area (Å²) in [7, 11) is 0. The van der Waals surface area contributed by atoms with Gasteiger partial charge < -0.3 is 0 Å². The maximum atomic E-state index is 8.10. The summed E-state index contributed by atoms with van der Waals surface area (Å²) in [6.45, 7) is 0.317. The van der Waals surface area contributed by atoms with Gasteiger partial charge in [0, 0.05) is 14.4 Å². The van der Waals surface area contributed by atoms with Crippen molar-refractivity contribution in [1.29, 1.82) is 0 Å².